The minimum Gasteiger partial charge on any atom is -0.395 e. The summed E-state index contributed by atoms with van der Waals surface area (Å²) in [6, 6.07) is 9.12. The van der Waals surface area contributed by atoms with Gasteiger partial charge in [-0.3, -0.25) is 0 Å². The molecule has 5 nitrogen and oxygen atoms in total. The van der Waals surface area contributed by atoms with Gasteiger partial charge in [0, 0.05) is 13.1 Å². The summed E-state index contributed by atoms with van der Waals surface area (Å²) in [5.41, 5.74) is 1.01. The number of aliphatic hydroxyl groups is 1. The largest absolute Gasteiger partial charge is 0.395 e. The molecule has 1 aromatic carbocycles. The summed E-state index contributed by atoms with van der Waals surface area (Å²) >= 11 is 0. The molecule has 1 unspecified atom stereocenters. The highest BCUT2D eigenvalue weighted by Gasteiger charge is 2.25. The quantitative estimate of drug-likeness (QED) is 0.832. The van der Waals surface area contributed by atoms with Crippen molar-refractivity contribution in [3.63, 3.8) is 0 Å². The highest BCUT2D eigenvalue weighted by molar-refractivity contribution is 7.87. The SMILES string of the molecule is O=S(=O)(NC(CO)Cc1ccccc1)N1CCCCCC1. The van der Waals surface area contributed by atoms with Crippen molar-refractivity contribution < 1.29 is 13.5 Å². The molecule has 1 aliphatic rings. The summed E-state index contributed by atoms with van der Waals surface area (Å²) in [6.45, 7) is 0.930. The minimum atomic E-state index is -3.51. The Balaban J connectivity index is 1.99. The van der Waals surface area contributed by atoms with Gasteiger partial charge in [-0.2, -0.15) is 17.4 Å². The summed E-state index contributed by atoms with van der Waals surface area (Å²) in [4.78, 5) is 0. The predicted molar refractivity (Wildman–Crippen MR) is 83.1 cm³/mol. The van der Waals surface area contributed by atoms with E-state index in [0.29, 0.717) is 19.5 Å². The molecule has 1 heterocycles. The fourth-order valence-corrected chi connectivity index (χ4v) is 4.08. The molecule has 1 atom stereocenters. The number of nitrogens with zero attached hydrogens (tertiary/aromatic N) is 1. The first-order valence-corrected chi connectivity index (χ1v) is 8.98. The van der Waals surface area contributed by atoms with Crippen molar-refractivity contribution in [1.29, 1.82) is 0 Å². The summed E-state index contributed by atoms with van der Waals surface area (Å²) in [7, 11) is -3.51. The third kappa shape index (κ3) is 5.07. The smallest absolute Gasteiger partial charge is 0.279 e. The van der Waals surface area contributed by atoms with E-state index >= 15 is 0 Å². The van der Waals surface area contributed by atoms with Crippen LogP contribution in [0.15, 0.2) is 30.3 Å². The number of hydrogen-bond acceptors (Lipinski definition) is 3. The van der Waals surface area contributed by atoms with Gasteiger partial charge in [0.1, 0.15) is 0 Å². The second-order valence-corrected chi connectivity index (χ2v) is 7.21. The van der Waals surface area contributed by atoms with E-state index in [2.05, 4.69) is 4.72 Å². The van der Waals surface area contributed by atoms with Crippen molar-refractivity contribution in [3.8, 4) is 0 Å². The van der Waals surface area contributed by atoms with E-state index in [4.69, 9.17) is 0 Å². The maximum absolute atomic E-state index is 12.4. The van der Waals surface area contributed by atoms with E-state index in [1.165, 1.54) is 4.31 Å². The van der Waals surface area contributed by atoms with Crippen LogP contribution in [-0.4, -0.2) is 43.6 Å². The zero-order valence-corrected chi connectivity index (χ0v) is 13.1. The van der Waals surface area contributed by atoms with Crippen molar-refractivity contribution in [2.45, 2.75) is 38.1 Å². The predicted octanol–water partition coefficient (Wildman–Crippen LogP) is 1.30. The first-order valence-electron chi connectivity index (χ1n) is 7.54. The lowest BCUT2D eigenvalue weighted by Crippen LogP contribution is -2.47. The molecule has 118 valence electrons. The Kier molecular flexibility index (Phi) is 6.17. The molecular weight excluding hydrogens is 288 g/mol. The van der Waals surface area contributed by atoms with E-state index in [1.807, 2.05) is 30.3 Å². The molecule has 2 rings (SSSR count). The number of nitrogens with one attached hydrogen (secondary N) is 1. The normalized spacial score (nSPS) is 19.1. The summed E-state index contributed by atoms with van der Waals surface area (Å²) in [5.74, 6) is 0. The highest BCUT2D eigenvalue weighted by atomic mass is 32.2. The first-order chi connectivity index (χ1) is 10.1. The van der Waals surface area contributed by atoms with Crippen molar-refractivity contribution >= 4 is 10.2 Å². The molecule has 1 aliphatic heterocycles. The molecule has 21 heavy (non-hydrogen) atoms. The minimum absolute atomic E-state index is 0.206. The molecule has 0 saturated carbocycles. The van der Waals surface area contributed by atoms with Crippen LogP contribution in [0.5, 0.6) is 0 Å². The Morgan fingerprint density at radius 3 is 2.29 bits per heavy atom. The summed E-state index contributed by atoms with van der Waals surface area (Å²) in [6.07, 6.45) is 4.47. The van der Waals surface area contributed by atoms with Gasteiger partial charge in [-0.25, -0.2) is 0 Å². The molecule has 0 bridgehead atoms. The van der Waals surface area contributed by atoms with Crippen molar-refractivity contribution in [3.05, 3.63) is 35.9 Å². The molecule has 1 fully saturated rings. The average Bonchev–Trinajstić information content (AvgIpc) is 2.77. The maximum Gasteiger partial charge on any atom is 0.279 e. The Hall–Kier alpha value is -0.950. The van der Waals surface area contributed by atoms with Gasteiger partial charge in [-0.15, -0.1) is 0 Å². The van der Waals surface area contributed by atoms with Gasteiger partial charge in [0.15, 0.2) is 0 Å². The average molecular weight is 312 g/mol. The maximum atomic E-state index is 12.4. The van der Waals surface area contributed by atoms with Crippen LogP contribution in [0.3, 0.4) is 0 Å². The Morgan fingerprint density at radius 1 is 1.10 bits per heavy atom. The lowest BCUT2D eigenvalue weighted by molar-refractivity contribution is 0.253. The molecule has 0 spiro atoms. The van der Waals surface area contributed by atoms with E-state index in [9.17, 15) is 13.5 Å². The number of hydrogen-bond donors (Lipinski definition) is 2. The Bertz CT molecular complexity index is 511. The van der Waals surface area contributed by atoms with E-state index in [-0.39, 0.29) is 6.61 Å². The standard InChI is InChI=1S/C15H24N2O3S/c18-13-15(12-14-8-4-3-5-9-14)16-21(19,20)17-10-6-1-2-7-11-17/h3-5,8-9,15-16,18H,1-2,6-7,10-13H2. The fourth-order valence-electron chi connectivity index (χ4n) is 2.61. The highest BCUT2D eigenvalue weighted by Crippen LogP contribution is 2.13. The molecule has 2 N–H and O–H groups in total. The van der Waals surface area contributed by atoms with E-state index in [0.717, 1.165) is 31.2 Å². The second-order valence-electron chi connectivity index (χ2n) is 5.51. The molecule has 6 heteroatoms. The van der Waals surface area contributed by atoms with Crippen LogP contribution < -0.4 is 4.72 Å². The molecule has 0 aromatic heterocycles. The van der Waals surface area contributed by atoms with E-state index in [1.54, 1.807) is 0 Å². The first kappa shape index (κ1) is 16.4. The third-order valence-electron chi connectivity index (χ3n) is 3.77. The molecule has 0 aliphatic carbocycles. The van der Waals surface area contributed by atoms with Gasteiger partial charge in [-0.1, -0.05) is 43.2 Å². The van der Waals surface area contributed by atoms with E-state index < -0.39 is 16.3 Å². The lowest BCUT2D eigenvalue weighted by Gasteiger charge is -2.24. The van der Waals surface area contributed by atoms with Gasteiger partial charge in [0.2, 0.25) is 0 Å². The van der Waals surface area contributed by atoms with Gasteiger partial charge in [0.05, 0.1) is 12.6 Å². The molecule has 0 amide bonds. The fraction of sp³-hybridized carbons (Fsp3) is 0.600. The van der Waals surface area contributed by atoms with Gasteiger partial charge >= 0.3 is 0 Å². The second kappa shape index (κ2) is 7.89. The zero-order valence-electron chi connectivity index (χ0n) is 12.2. The molecule has 0 radical (unpaired) electrons. The molecular formula is C15H24N2O3S. The van der Waals surface area contributed by atoms with Crippen LogP contribution in [-0.2, 0) is 16.6 Å². The van der Waals surface area contributed by atoms with Crippen LogP contribution in [0.4, 0.5) is 0 Å². The van der Waals surface area contributed by atoms with Crippen LogP contribution in [0.2, 0.25) is 0 Å². The van der Waals surface area contributed by atoms with Gasteiger partial charge in [-0.05, 0) is 24.8 Å². The van der Waals surface area contributed by atoms with Crippen LogP contribution in [0.1, 0.15) is 31.2 Å². The Morgan fingerprint density at radius 2 is 1.71 bits per heavy atom. The van der Waals surface area contributed by atoms with Crippen molar-refractivity contribution in [1.82, 2.24) is 9.03 Å². The topological polar surface area (TPSA) is 69.6 Å². The molecule has 1 saturated heterocycles. The lowest BCUT2D eigenvalue weighted by atomic mass is 10.1. The Labute approximate surface area is 127 Å². The van der Waals surface area contributed by atoms with Gasteiger partial charge < -0.3 is 5.11 Å². The number of aliphatic hydroxyl groups excluding tert-OH is 1. The van der Waals surface area contributed by atoms with Crippen molar-refractivity contribution in [2.75, 3.05) is 19.7 Å². The van der Waals surface area contributed by atoms with Crippen LogP contribution in [0.25, 0.3) is 0 Å². The monoisotopic (exact) mass is 312 g/mol. The summed E-state index contributed by atoms with van der Waals surface area (Å²) in [5, 5.41) is 9.46. The molecule has 1 aromatic rings. The van der Waals surface area contributed by atoms with Gasteiger partial charge in [0.25, 0.3) is 10.2 Å². The third-order valence-corrected chi connectivity index (χ3v) is 5.44. The van der Waals surface area contributed by atoms with Crippen LogP contribution in [0, 0.1) is 0 Å². The van der Waals surface area contributed by atoms with Crippen LogP contribution >= 0.6 is 0 Å². The van der Waals surface area contributed by atoms with Crippen molar-refractivity contribution in [2.24, 2.45) is 0 Å². The number of benzene rings is 1. The zero-order chi connectivity index (χ0) is 15.1. The summed E-state index contributed by atoms with van der Waals surface area (Å²) < 4.78 is 28.9. The number of rotatable bonds is 6.